The third-order valence-corrected chi connectivity index (χ3v) is 3.38. The zero-order valence-corrected chi connectivity index (χ0v) is 12.7. The molecular weight excluding hydrogens is 280 g/mol. The highest BCUT2D eigenvalue weighted by atomic mass is 16.3. The summed E-state index contributed by atoms with van der Waals surface area (Å²) in [6, 6.07) is 8.76. The lowest BCUT2D eigenvalue weighted by Gasteiger charge is -2.17. The van der Waals surface area contributed by atoms with E-state index in [0.717, 1.165) is 24.0 Å². The van der Waals surface area contributed by atoms with E-state index in [4.69, 9.17) is 0 Å². The predicted octanol–water partition coefficient (Wildman–Crippen LogP) is 1.39. The van der Waals surface area contributed by atoms with Crippen molar-refractivity contribution in [2.45, 2.75) is 18.9 Å². The van der Waals surface area contributed by atoms with E-state index in [1.54, 1.807) is 4.68 Å². The van der Waals surface area contributed by atoms with Crippen LogP contribution in [0.15, 0.2) is 42.7 Å². The first-order valence-electron chi connectivity index (χ1n) is 7.36. The summed E-state index contributed by atoms with van der Waals surface area (Å²) in [5.41, 5.74) is 2.04. The molecule has 1 unspecified atom stereocenters. The fourth-order valence-corrected chi connectivity index (χ4v) is 2.22. The summed E-state index contributed by atoms with van der Waals surface area (Å²) in [5.74, 6) is 0. The molecular formula is C16H22N4O2. The maximum atomic E-state index is 11.9. The van der Waals surface area contributed by atoms with Gasteiger partial charge in [-0.05, 0) is 24.0 Å². The van der Waals surface area contributed by atoms with Gasteiger partial charge in [-0.15, -0.1) is 0 Å². The Morgan fingerprint density at radius 1 is 1.36 bits per heavy atom. The molecule has 0 saturated carbocycles. The maximum absolute atomic E-state index is 11.9. The van der Waals surface area contributed by atoms with Crippen molar-refractivity contribution in [1.82, 2.24) is 20.4 Å². The number of hydrogen-bond acceptors (Lipinski definition) is 3. The zero-order valence-electron chi connectivity index (χ0n) is 12.7. The molecule has 0 fully saturated rings. The Morgan fingerprint density at radius 3 is 2.77 bits per heavy atom. The van der Waals surface area contributed by atoms with E-state index in [9.17, 15) is 9.90 Å². The molecule has 1 aromatic carbocycles. The van der Waals surface area contributed by atoms with Gasteiger partial charge < -0.3 is 15.7 Å². The molecule has 6 nitrogen and oxygen atoms in total. The summed E-state index contributed by atoms with van der Waals surface area (Å²) in [6.07, 6.45) is 5.51. The Hall–Kier alpha value is -2.34. The van der Waals surface area contributed by atoms with Crippen LogP contribution in [0.3, 0.4) is 0 Å². The molecule has 0 spiro atoms. The lowest BCUT2D eigenvalue weighted by atomic mass is 10.1. The van der Waals surface area contributed by atoms with E-state index in [1.165, 1.54) is 0 Å². The average Bonchev–Trinajstić information content (AvgIpc) is 2.95. The molecule has 2 aromatic rings. The van der Waals surface area contributed by atoms with Crippen molar-refractivity contribution in [2.75, 3.05) is 13.2 Å². The SMILES string of the molecule is Cn1cc(CCCNC(=O)NC(CO)c2ccccc2)cn1. The molecule has 0 aliphatic heterocycles. The molecule has 0 radical (unpaired) electrons. The number of amides is 2. The summed E-state index contributed by atoms with van der Waals surface area (Å²) < 4.78 is 1.77. The number of aliphatic hydroxyl groups excluding tert-OH is 1. The Balaban J connectivity index is 1.70. The third kappa shape index (κ3) is 4.89. The lowest BCUT2D eigenvalue weighted by molar-refractivity contribution is 0.217. The van der Waals surface area contributed by atoms with Crippen LogP contribution in [-0.2, 0) is 13.5 Å². The molecule has 22 heavy (non-hydrogen) atoms. The van der Waals surface area contributed by atoms with Crippen molar-refractivity contribution in [3.05, 3.63) is 53.9 Å². The van der Waals surface area contributed by atoms with Crippen LogP contribution in [0.5, 0.6) is 0 Å². The normalized spacial score (nSPS) is 11.9. The smallest absolute Gasteiger partial charge is 0.315 e. The van der Waals surface area contributed by atoms with E-state index in [0.29, 0.717) is 6.54 Å². The Kier molecular flexibility index (Phi) is 5.97. The van der Waals surface area contributed by atoms with Crippen molar-refractivity contribution < 1.29 is 9.90 Å². The number of hydrogen-bond donors (Lipinski definition) is 3. The van der Waals surface area contributed by atoms with Gasteiger partial charge in [-0.1, -0.05) is 30.3 Å². The molecule has 1 heterocycles. The third-order valence-electron chi connectivity index (χ3n) is 3.38. The number of carbonyl (C=O) groups excluding carboxylic acids is 1. The van der Waals surface area contributed by atoms with Gasteiger partial charge in [-0.3, -0.25) is 4.68 Å². The van der Waals surface area contributed by atoms with Crippen LogP contribution < -0.4 is 10.6 Å². The second-order valence-corrected chi connectivity index (χ2v) is 5.17. The summed E-state index contributed by atoms with van der Waals surface area (Å²) in [7, 11) is 1.88. The number of rotatable bonds is 7. The van der Waals surface area contributed by atoms with E-state index >= 15 is 0 Å². The molecule has 1 atom stereocenters. The van der Waals surface area contributed by atoms with Crippen LogP contribution in [0.2, 0.25) is 0 Å². The fourth-order valence-electron chi connectivity index (χ4n) is 2.22. The van der Waals surface area contributed by atoms with E-state index < -0.39 is 0 Å². The van der Waals surface area contributed by atoms with Gasteiger partial charge in [0.15, 0.2) is 0 Å². The summed E-state index contributed by atoms with van der Waals surface area (Å²) >= 11 is 0. The zero-order chi connectivity index (χ0) is 15.8. The molecule has 0 saturated heterocycles. The van der Waals surface area contributed by atoms with Crippen molar-refractivity contribution in [3.63, 3.8) is 0 Å². The molecule has 3 N–H and O–H groups in total. The van der Waals surface area contributed by atoms with Gasteiger partial charge in [-0.2, -0.15) is 5.10 Å². The van der Waals surface area contributed by atoms with Crippen LogP contribution in [0.1, 0.15) is 23.6 Å². The maximum Gasteiger partial charge on any atom is 0.315 e. The first-order chi connectivity index (χ1) is 10.7. The standard InChI is InChI=1S/C16H22N4O2/c1-20-11-13(10-18-20)6-5-9-17-16(22)19-15(12-21)14-7-3-2-4-8-14/h2-4,7-8,10-11,15,21H,5-6,9,12H2,1H3,(H2,17,19,22). The highest BCUT2D eigenvalue weighted by molar-refractivity contribution is 5.74. The van der Waals surface area contributed by atoms with Crippen molar-refractivity contribution in [1.29, 1.82) is 0 Å². The fraction of sp³-hybridized carbons (Fsp3) is 0.375. The Morgan fingerprint density at radius 2 is 2.14 bits per heavy atom. The largest absolute Gasteiger partial charge is 0.394 e. The summed E-state index contributed by atoms with van der Waals surface area (Å²) in [5, 5.41) is 19.1. The number of aromatic nitrogens is 2. The quantitative estimate of drug-likeness (QED) is 0.676. The predicted molar refractivity (Wildman–Crippen MR) is 84.3 cm³/mol. The molecule has 0 aliphatic rings. The highest BCUT2D eigenvalue weighted by Crippen LogP contribution is 2.11. The Bertz CT molecular complexity index is 583. The minimum atomic E-state index is -0.389. The van der Waals surface area contributed by atoms with Crippen molar-refractivity contribution in [2.24, 2.45) is 7.05 Å². The average molecular weight is 302 g/mol. The van der Waals surface area contributed by atoms with Gasteiger partial charge in [0.05, 0.1) is 18.8 Å². The molecule has 1 aromatic heterocycles. The monoisotopic (exact) mass is 302 g/mol. The van der Waals surface area contributed by atoms with E-state index in [-0.39, 0.29) is 18.7 Å². The minimum Gasteiger partial charge on any atom is -0.394 e. The number of benzene rings is 1. The van der Waals surface area contributed by atoms with Gasteiger partial charge >= 0.3 is 6.03 Å². The number of carbonyl (C=O) groups is 1. The van der Waals surface area contributed by atoms with Crippen molar-refractivity contribution >= 4 is 6.03 Å². The first kappa shape index (κ1) is 16.0. The van der Waals surface area contributed by atoms with Crippen molar-refractivity contribution in [3.8, 4) is 0 Å². The topological polar surface area (TPSA) is 79.2 Å². The summed E-state index contributed by atoms with van der Waals surface area (Å²) in [6.45, 7) is 0.445. The van der Waals surface area contributed by atoms with E-state index in [2.05, 4.69) is 15.7 Å². The number of aryl methyl sites for hydroxylation is 2. The molecule has 118 valence electrons. The van der Waals surface area contributed by atoms with Gasteiger partial charge in [0, 0.05) is 19.8 Å². The second-order valence-electron chi connectivity index (χ2n) is 5.17. The number of urea groups is 1. The van der Waals surface area contributed by atoms with Gasteiger partial charge in [-0.25, -0.2) is 4.79 Å². The van der Waals surface area contributed by atoms with Crippen LogP contribution in [0.25, 0.3) is 0 Å². The second kappa shape index (κ2) is 8.19. The summed E-state index contributed by atoms with van der Waals surface area (Å²) in [4.78, 5) is 11.9. The molecule has 0 aliphatic carbocycles. The Labute approximate surface area is 130 Å². The molecule has 0 bridgehead atoms. The lowest BCUT2D eigenvalue weighted by Crippen LogP contribution is -2.39. The highest BCUT2D eigenvalue weighted by Gasteiger charge is 2.12. The van der Waals surface area contributed by atoms with Crippen LogP contribution in [0, 0.1) is 0 Å². The first-order valence-corrected chi connectivity index (χ1v) is 7.36. The van der Waals surface area contributed by atoms with Crippen LogP contribution in [-0.4, -0.2) is 34.1 Å². The number of nitrogens with one attached hydrogen (secondary N) is 2. The minimum absolute atomic E-state index is 0.132. The van der Waals surface area contributed by atoms with Crippen LogP contribution >= 0.6 is 0 Å². The number of aliphatic hydroxyl groups is 1. The number of nitrogens with zero attached hydrogens (tertiary/aromatic N) is 2. The molecule has 2 amide bonds. The molecule has 6 heteroatoms. The van der Waals surface area contributed by atoms with E-state index in [1.807, 2.05) is 49.8 Å². The molecule has 2 rings (SSSR count). The van der Waals surface area contributed by atoms with Gasteiger partial charge in [0.25, 0.3) is 0 Å². The van der Waals surface area contributed by atoms with Gasteiger partial charge in [0.1, 0.15) is 0 Å². The van der Waals surface area contributed by atoms with Crippen LogP contribution in [0.4, 0.5) is 4.79 Å². The van der Waals surface area contributed by atoms with Gasteiger partial charge in [0.2, 0.25) is 0 Å².